The fourth-order valence-corrected chi connectivity index (χ4v) is 6.09. The smallest absolute Gasteiger partial charge is 0.214 e. The molecule has 2 heterocycles. The van der Waals surface area contributed by atoms with Crippen LogP contribution < -0.4 is 0 Å². The third kappa shape index (κ3) is 9.75. The van der Waals surface area contributed by atoms with Crippen LogP contribution in [0.1, 0.15) is 53.4 Å². The summed E-state index contributed by atoms with van der Waals surface area (Å²) in [5.74, 6) is 16.2. The van der Waals surface area contributed by atoms with E-state index >= 15 is 0 Å². The van der Waals surface area contributed by atoms with Crippen LogP contribution in [0.25, 0.3) is 0 Å². The first kappa shape index (κ1) is 37.2. The van der Waals surface area contributed by atoms with Gasteiger partial charge in [0.25, 0.3) is 0 Å². The molecule has 0 N–H and O–H groups in total. The molecule has 242 valence electrons. The zero-order valence-electron chi connectivity index (χ0n) is 29.6. The van der Waals surface area contributed by atoms with Gasteiger partial charge in [0.05, 0.1) is 28.4 Å². The molecule has 0 spiro atoms. The van der Waals surface area contributed by atoms with Gasteiger partial charge in [-0.05, 0) is 11.8 Å². The van der Waals surface area contributed by atoms with Crippen LogP contribution >= 0.6 is 0 Å². The van der Waals surface area contributed by atoms with Crippen molar-refractivity contribution in [3.63, 3.8) is 0 Å². The Hall–Kier alpha value is -3.01. The van der Waals surface area contributed by atoms with Gasteiger partial charge in [0.2, 0.25) is 23.6 Å². The van der Waals surface area contributed by atoms with Crippen molar-refractivity contribution < 1.29 is 18.9 Å². The summed E-state index contributed by atoms with van der Waals surface area (Å²) in [5, 5.41) is 0. The van der Waals surface area contributed by atoms with Crippen LogP contribution in [0.4, 0.5) is 0 Å². The fraction of sp³-hybridized carbons (Fsp3) is 0.706. The lowest BCUT2D eigenvalue weighted by molar-refractivity contribution is 0.305. The van der Waals surface area contributed by atoms with Gasteiger partial charge >= 0.3 is 0 Å². The molecule has 0 aromatic carbocycles. The number of hydrogen-bond donors (Lipinski definition) is 0. The lowest BCUT2D eigenvalue weighted by Gasteiger charge is -2.35. The van der Waals surface area contributed by atoms with Crippen molar-refractivity contribution >= 4 is 39.7 Å². The standard InChI is InChI=1S/C34H54N4O4Si2/c1-25(2)27-29(39-5)37-33(31(35-27)41-7,21-17-23-43(9,10)11)19-15-16-20-34(22-18-24-44(12,13)14)32(42-8)36-28(26(3)4)30(38-34)40-6/h25-28H,19-22H2,1-14H3/t27-,28-,33+,34+/m1/s1. The molecule has 0 bridgehead atoms. The van der Waals surface area contributed by atoms with Gasteiger partial charge in [-0.3, -0.25) is 0 Å². The van der Waals surface area contributed by atoms with Crippen molar-refractivity contribution in [2.24, 2.45) is 31.8 Å². The molecule has 0 aromatic rings. The summed E-state index contributed by atoms with van der Waals surface area (Å²) in [6.07, 6.45) is 1.55. The van der Waals surface area contributed by atoms with E-state index in [0.717, 1.165) is 0 Å². The first-order valence-electron chi connectivity index (χ1n) is 15.4. The topological polar surface area (TPSA) is 86.4 Å². The average Bonchev–Trinajstić information content (AvgIpc) is 2.93. The number of nitrogens with zero attached hydrogens (tertiary/aromatic N) is 4. The van der Waals surface area contributed by atoms with Gasteiger partial charge in [-0.15, -0.1) is 34.8 Å². The second kappa shape index (κ2) is 15.3. The SMILES string of the molecule is COC1=N[C@@](CC#CC[C@@]2(CC#C[Si](C)(C)C)N=C(OC)[C@@H](C(C)C)N=C2OC)(CC#C[Si](C)(C)C)C(OC)=N[C@@H]1C(C)C. The molecule has 2 aliphatic heterocycles. The molecule has 0 aliphatic carbocycles. The van der Waals surface area contributed by atoms with Crippen LogP contribution in [0.5, 0.6) is 0 Å². The van der Waals surface area contributed by atoms with Gasteiger partial charge in [0, 0.05) is 25.7 Å². The Morgan fingerprint density at radius 3 is 1.14 bits per heavy atom. The molecule has 0 aromatic heterocycles. The zero-order chi connectivity index (χ0) is 33.3. The summed E-state index contributed by atoms with van der Waals surface area (Å²) < 4.78 is 23.3. The summed E-state index contributed by atoms with van der Waals surface area (Å²) in [6, 6.07) is -0.458. The van der Waals surface area contributed by atoms with Crippen molar-refractivity contribution in [2.75, 3.05) is 28.4 Å². The number of rotatable bonds is 6. The summed E-state index contributed by atoms with van der Waals surface area (Å²) in [6.45, 7) is 21.7. The maximum Gasteiger partial charge on any atom is 0.214 e. The van der Waals surface area contributed by atoms with Crippen LogP contribution in [0.2, 0.25) is 39.3 Å². The summed E-state index contributed by atoms with van der Waals surface area (Å²) in [7, 11) is 3.32. The van der Waals surface area contributed by atoms with E-state index in [1.165, 1.54) is 0 Å². The molecule has 8 nitrogen and oxygen atoms in total. The van der Waals surface area contributed by atoms with E-state index in [9.17, 15) is 0 Å². The Balaban J connectivity index is 2.62. The maximum atomic E-state index is 5.88. The van der Waals surface area contributed by atoms with Gasteiger partial charge in [-0.25, -0.2) is 20.0 Å². The fourth-order valence-electron chi connectivity index (χ4n) is 4.85. The molecule has 44 heavy (non-hydrogen) atoms. The van der Waals surface area contributed by atoms with Gasteiger partial charge < -0.3 is 18.9 Å². The number of hydrogen-bond acceptors (Lipinski definition) is 8. The van der Waals surface area contributed by atoms with Crippen molar-refractivity contribution in [2.45, 2.75) is 116 Å². The minimum absolute atomic E-state index is 0.189. The summed E-state index contributed by atoms with van der Waals surface area (Å²) >= 11 is 0. The van der Waals surface area contributed by atoms with Gasteiger partial charge in [0.15, 0.2) is 11.1 Å². The molecule has 0 saturated carbocycles. The second-order valence-corrected chi connectivity index (χ2v) is 23.7. The molecule has 4 atom stereocenters. The molecule has 0 fully saturated rings. The third-order valence-corrected chi connectivity index (χ3v) is 8.96. The van der Waals surface area contributed by atoms with Crippen LogP contribution in [0.3, 0.4) is 0 Å². The van der Waals surface area contributed by atoms with Gasteiger partial charge in [0.1, 0.15) is 28.2 Å². The van der Waals surface area contributed by atoms with E-state index in [-0.39, 0.29) is 23.9 Å². The summed E-state index contributed by atoms with van der Waals surface area (Å²) in [5.41, 5.74) is 5.17. The quantitative estimate of drug-likeness (QED) is 0.262. The molecule has 2 rings (SSSR count). The van der Waals surface area contributed by atoms with Gasteiger partial charge in [-0.2, -0.15) is 0 Å². The summed E-state index contributed by atoms with van der Waals surface area (Å²) in [4.78, 5) is 20.1. The van der Waals surface area contributed by atoms with Crippen molar-refractivity contribution in [3.8, 4) is 34.8 Å². The van der Waals surface area contributed by atoms with Crippen molar-refractivity contribution in [1.82, 2.24) is 0 Å². The highest BCUT2D eigenvalue weighted by atomic mass is 28.3. The lowest BCUT2D eigenvalue weighted by atomic mass is 9.87. The number of methoxy groups -OCH3 is 4. The van der Waals surface area contributed by atoms with E-state index in [4.69, 9.17) is 38.9 Å². The molecule has 0 amide bonds. The Kier molecular flexibility index (Phi) is 12.9. The van der Waals surface area contributed by atoms with E-state index < -0.39 is 27.2 Å². The highest BCUT2D eigenvalue weighted by Gasteiger charge is 2.44. The van der Waals surface area contributed by atoms with E-state index in [1.54, 1.807) is 28.4 Å². The van der Waals surface area contributed by atoms with E-state index in [1.807, 2.05) is 0 Å². The Morgan fingerprint density at radius 2 is 0.886 bits per heavy atom. The zero-order valence-corrected chi connectivity index (χ0v) is 31.6. The first-order chi connectivity index (χ1) is 20.5. The highest BCUT2D eigenvalue weighted by Crippen LogP contribution is 2.32. The third-order valence-electron chi connectivity index (χ3n) is 7.11. The Labute approximate surface area is 269 Å². The second-order valence-electron chi connectivity index (χ2n) is 14.2. The Bertz CT molecular complexity index is 1240. The first-order valence-corrected chi connectivity index (χ1v) is 22.4. The molecular formula is C34H54N4O4Si2. The normalized spacial score (nSPS) is 25.1. The number of ether oxygens (including phenoxy) is 4. The van der Waals surface area contributed by atoms with Crippen LogP contribution in [0.15, 0.2) is 20.0 Å². The number of aliphatic imine (C=N–C) groups is 4. The molecule has 0 saturated heterocycles. The van der Waals surface area contributed by atoms with E-state index in [0.29, 0.717) is 49.3 Å². The van der Waals surface area contributed by atoms with E-state index in [2.05, 4.69) is 102 Å². The Morgan fingerprint density at radius 1 is 0.568 bits per heavy atom. The molecular weight excluding hydrogens is 585 g/mol. The van der Waals surface area contributed by atoms with Crippen molar-refractivity contribution in [3.05, 3.63) is 0 Å². The minimum atomic E-state index is -1.62. The van der Waals surface area contributed by atoms with Crippen molar-refractivity contribution in [1.29, 1.82) is 0 Å². The minimum Gasteiger partial charge on any atom is -0.483 e. The largest absolute Gasteiger partial charge is 0.483 e. The highest BCUT2D eigenvalue weighted by molar-refractivity contribution is 6.84. The maximum absolute atomic E-state index is 5.88. The van der Waals surface area contributed by atoms with Gasteiger partial charge in [-0.1, -0.05) is 67.0 Å². The predicted octanol–water partition coefficient (Wildman–Crippen LogP) is 6.05. The lowest BCUT2D eigenvalue weighted by Crippen LogP contribution is -2.47. The predicted molar refractivity (Wildman–Crippen MR) is 189 cm³/mol. The average molecular weight is 639 g/mol. The van der Waals surface area contributed by atoms with Crippen LogP contribution in [-0.4, -0.2) is 91.3 Å². The monoisotopic (exact) mass is 638 g/mol. The molecule has 2 aliphatic rings. The molecule has 0 unspecified atom stereocenters. The molecule has 0 radical (unpaired) electrons. The van der Waals surface area contributed by atoms with Crippen LogP contribution in [0, 0.1) is 46.6 Å². The van der Waals surface area contributed by atoms with Crippen LogP contribution in [-0.2, 0) is 18.9 Å². The molecule has 10 heteroatoms.